The molecule has 0 radical (unpaired) electrons. The van der Waals surface area contributed by atoms with Crippen LogP contribution in [0.5, 0.6) is 0 Å². The van der Waals surface area contributed by atoms with Gasteiger partial charge in [-0.3, -0.25) is 9.50 Å². The number of halogens is 4. The minimum Gasteiger partial charge on any atom is -0.279 e. The summed E-state index contributed by atoms with van der Waals surface area (Å²) >= 11 is 6.05. The standard InChI is InChI=1S/C15H16ClF3N2O3S/c1-3-25(22,23)24-12-6-11(14(21-12)15(17,18)19)10-5-4-9(7-20)13(16)8(10)2/h4-5,11-12,14,21H,3,6H2,1-2H3/t11?,12-,14-/m0/s1. The summed E-state index contributed by atoms with van der Waals surface area (Å²) in [6.07, 6.45) is -6.08. The van der Waals surface area contributed by atoms with E-state index in [1.165, 1.54) is 26.0 Å². The van der Waals surface area contributed by atoms with E-state index in [1.807, 2.05) is 6.07 Å². The van der Waals surface area contributed by atoms with Crippen molar-refractivity contribution < 1.29 is 25.8 Å². The monoisotopic (exact) mass is 396 g/mol. The maximum absolute atomic E-state index is 13.4. The number of nitrogens with one attached hydrogen (secondary N) is 1. The maximum Gasteiger partial charge on any atom is 0.404 e. The molecule has 5 nitrogen and oxygen atoms in total. The Morgan fingerprint density at radius 3 is 2.60 bits per heavy atom. The van der Waals surface area contributed by atoms with Crippen LogP contribution in [0.2, 0.25) is 5.02 Å². The first kappa shape index (κ1) is 20.0. The normalized spacial score (nSPS) is 24.3. The molecule has 3 atom stereocenters. The predicted molar refractivity (Wildman–Crippen MR) is 85.6 cm³/mol. The first-order valence-electron chi connectivity index (χ1n) is 7.43. The summed E-state index contributed by atoms with van der Waals surface area (Å²) < 4.78 is 68.2. The highest BCUT2D eigenvalue weighted by Gasteiger charge is 2.52. The van der Waals surface area contributed by atoms with E-state index in [2.05, 4.69) is 5.32 Å². The van der Waals surface area contributed by atoms with Crippen LogP contribution >= 0.6 is 11.6 Å². The molecule has 1 fully saturated rings. The fourth-order valence-corrected chi connectivity index (χ4v) is 3.72. The number of nitrogens with zero attached hydrogens (tertiary/aromatic N) is 1. The van der Waals surface area contributed by atoms with Crippen LogP contribution in [0.25, 0.3) is 0 Å². The van der Waals surface area contributed by atoms with E-state index in [-0.39, 0.29) is 22.8 Å². The second-order valence-corrected chi connectivity index (χ2v) is 7.98. The molecule has 1 N–H and O–H groups in total. The van der Waals surface area contributed by atoms with E-state index in [1.54, 1.807) is 0 Å². The van der Waals surface area contributed by atoms with E-state index in [4.69, 9.17) is 21.0 Å². The number of hydrogen-bond acceptors (Lipinski definition) is 5. The highest BCUT2D eigenvalue weighted by Crippen LogP contribution is 2.42. The van der Waals surface area contributed by atoms with Gasteiger partial charge in [-0.25, -0.2) is 0 Å². The zero-order chi connectivity index (χ0) is 19.0. The zero-order valence-electron chi connectivity index (χ0n) is 13.4. The number of alkyl halides is 3. The van der Waals surface area contributed by atoms with E-state index in [0.29, 0.717) is 11.1 Å². The Kier molecular flexibility index (Phi) is 5.68. The van der Waals surface area contributed by atoms with Gasteiger partial charge in [-0.05, 0) is 37.5 Å². The van der Waals surface area contributed by atoms with Gasteiger partial charge >= 0.3 is 6.18 Å². The third-order valence-electron chi connectivity index (χ3n) is 4.15. The van der Waals surface area contributed by atoms with Crippen molar-refractivity contribution in [2.45, 2.75) is 44.6 Å². The molecule has 0 bridgehead atoms. The van der Waals surface area contributed by atoms with E-state index in [9.17, 15) is 21.6 Å². The number of nitriles is 1. The molecule has 1 heterocycles. The smallest absolute Gasteiger partial charge is 0.279 e. The molecule has 0 aromatic heterocycles. The van der Waals surface area contributed by atoms with E-state index in [0.717, 1.165) is 0 Å². The van der Waals surface area contributed by atoms with Gasteiger partial charge in [0.15, 0.2) is 0 Å². The lowest BCUT2D eigenvalue weighted by atomic mass is 9.87. The Balaban J connectivity index is 2.41. The molecule has 1 aliphatic heterocycles. The lowest BCUT2D eigenvalue weighted by Gasteiger charge is -2.24. The van der Waals surface area contributed by atoms with Crippen LogP contribution in [0.15, 0.2) is 12.1 Å². The van der Waals surface area contributed by atoms with Gasteiger partial charge in [-0.15, -0.1) is 0 Å². The number of hydrogen-bond donors (Lipinski definition) is 1. The molecule has 1 aliphatic rings. The summed E-state index contributed by atoms with van der Waals surface area (Å²) in [5.74, 6) is -1.42. The second-order valence-electron chi connectivity index (χ2n) is 5.71. The van der Waals surface area contributed by atoms with Gasteiger partial charge < -0.3 is 0 Å². The molecular formula is C15H16ClF3N2O3S. The average Bonchev–Trinajstić information content (AvgIpc) is 2.93. The van der Waals surface area contributed by atoms with Crippen LogP contribution < -0.4 is 5.32 Å². The summed E-state index contributed by atoms with van der Waals surface area (Å²) in [6.45, 7) is 2.87. The summed E-state index contributed by atoms with van der Waals surface area (Å²) in [5.41, 5.74) is 0.832. The highest BCUT2D eigenvalue weighted by atomic mass is 35.5. The van der Waals surface area contributed by atoms with Crippen molar-refractivity contribution in [3.63, 3.8) is 0 Å². The Morgan fingerprint density at radius 1 is 1.44 bits per heavy atom. The van der Waals surface area contributed by atoms with Crippen LogP contribution in [-0.2, 0) is 14.3 Å². The summed E-state index contributed by atoms with van der Waals surface area (Å²) in [5, 5.41) is 11.3. The van der Waals surface area contributed by atoms with Gasteiger partial charge in [0.05, 0.1) is 16.3 Å². The van der Waals surface area contributed by atoms with Gasteiger partial charge in [-0.2, -0.15) is 26.9 Å². The molecule has 2 rings (SSSR count). The van der Waals surface area contributed by atoms with Gasteiger partial charge in [0.25, 0.3) is 10.1 Å². The molecular weight excluding hydrogens is 381 g/mol. The lowest BCUT2D eigenvalue weighted by molar-refractivity contribution is -0.157. The van der Waals surface area contributed by atoms with E-state index >= 15 is 0 Å². The molecule has 1 aromatic carbocycles. The summed E-state index contributed by atoms with van der Waals surface area (Å²) in [7, 11) is -3.91. The van der Waals surface area contributed by atoms with Crippen LogP contribution in [-0.4, -0.2) is 32.6 Å². The van der Waals surface area contributed by atoms with Gasteiger partial charge in [0.2, 0.25) is 0 Å². The number of benzene rings is 1. The molecule has 1 unspecified atom stereocenters. The van der Waals surface area contributed by atoms with Gasteiger partial charge in [0.1, 0.15) is 18.3 Å². The van der Waals surface area contributed by atoms with Crippen molar-refractivity contribution >= 4 is 21.7 Å². The molecule has 25 heavy (non-hydrogen) atoms. The quantitative estimate of drug-likeness (QED) is 0.790. The first-order chi connectivity index (χ1) is 11.5. The Labute approximate surface area is 148 Å². The van der Waals surface area contributed by atoms with Crippen molar-refractivity contribution in [1.29, 1.82) is 5.26 Å². The lowest BCUT2D eigenvalue weighted by Crippen LogP contribution is -2.44. The molecule has 138 valence electrons. The Morgan fingerprint density at radius 2 is 2.08 bits per heavy atom. The van der Waals surface area contributed by atoms with Crippen LogP contribution in [0.3, 0.4) is 0 Å². The number of rotatable bonds is 4. The minimum absolute atomic E-state index is 0.0893. The largest absolute Gasteiger partial charge is 0.404 e. The van der Waals surface area contributed by atoms with Crippen molar-refractivity contribution in [2.75, 3.05) is 5.75 Å². The van der Waals surface area contributed by atoms with Gasteiger partial charge in [0, 0.05) is 5.92 Å². The molecule has 1 saturated heterocycles. The third kappa shape index (κ3) is 4.26. The van der Waals surface area contributed by atoms with Gasteiger partial charge in [-0.1, -0.05) is 17.7 Å². The fourth-order valence-electron chi connectivity index (χ4n) is 2.88. The fraction of sp³-hybridized carbons (Fsp3) is 0.533. The summed E-state index contributed by atoms with van der Waals surface area (Å²) in [6, 6.07) is 2.66. The minimum atomic E-state index is -4.61. The summed E-state index contributed by atoms with van der Waals surface area (Å²) in [4.78, 5) is 0. The maximum atomic E-state index is 13.4. The zero-order valence-corrected chi connectivity index (χ0v) is 15.0. The third-order valence-corrected chi connectivity index (χ3v) is 5.87. The predicted octanol–water partition coefficient (Wildman–Crippen LogP) is 3.22. The first-order valence-corrected chi connectivity index (χ1v) is 9.38. The second kappa shape index (κ2) is 7.11. The van der Waals surface area contributed by atoms with Crippen molar-refractivity contribution in [3.8, 4) is 6.07 Å². The molecule has 0 amide bonds. The molecule has 10 heteroatoms. The van der Waals surface area contributed by atoms with Crippen LogP contribution in [0.4, 0.5) is 13.2 Å². The molecule has 0 saturated carbocycles. The Bertz CT molecular complexity index is 805. The molecule has 0 aliphatic carbocycles. The van der Waals surface area contributed by atoms with Crippen molar-refractivity contribution in [3.05, 3.63) is 33.8 Å². The van der Waals surface area contributed by atoms with E-state index < -0.39 is 34.5 Å². The van der Waals surface area contributed by atoms with Crippen LogP contribution in [0, 0.1) is 18.3 Å². The molecule has 1 aromatic rings. The Hall–Kier alpha value is -1.34. The van der Waals surface area contributed by atoms with Crippen molar-refractivity contribution in [2.24, 2.45) is 0 Å². The topological polar surface area (TPSA) is 79.2 Å². The molecule has 0 spiro atoms. The highest BCUT2D eigenvalue weighted by molar-refractivity contribution is 7.86. The van der Waals surface area contributed by atoms with Crippen molar-refractivity contribution in [1.82, 2.24) is 5.32 Å². The SMILES string of the molecule is CCS(=O)(=O)O[C@H]1CC(c2ccc(C#N)c(Cl)c2C)[C@@H](C(F)(F)F)N1. The average molecular weight is 397 g/mol. The van der Waals surface area contributed by atoms with Crippen LogP contribution in [0.1, 0.15) is 36.0 Å².